The maximum absolute atomic E-state index is 13.1. The maximum atomic E-state index is 13.1. The lowest BCUT2D eigenvalue weighted by molar-refractivity contribution is -0.145. The van der Waals surface area contributed by atoms with Gasteiger partial charge in [0.05, 0.1) is 25.3 Å². The third-order valence-corrected chi connectivity index (χ3v) is 6.51. The van der Waals surface area contributed by atoms with Gasteiger partial charge in [0.25, 0.3) is 0 Å². The predicted molar refractivity (Wildman–Crippen MR) is 110 cm³/mol. The molecule has 1 aromatic rings. The number of ether oxygens (including phenoxy) is 1. The number of carbonyl (C=O) groups is 2. The molecule has 3 heterocycles. The van der Waals surface area contributed by atoms with Crippen LogP contribution in [0.3, 0.4) is 0 Å². The van der Waals surface area contributed by atoms with Crippen LogP contribution in [-0.4, -0.2) is 97.6 Å². The van der Waals surface area contributed by atoms with Crippen LogP contribution in [0.25, 0.3) is 0 Å². The molecule has 0 aliphatic carbocycles. The molecule has 3 aliphatic rings. The zero-order valence-corrected chi connectivity index (χ0v) is 17.5. The van der Waals surface area contributed by atoms with Crippen LogP contribution >= 0.6 is 0 Å². The van der Waals surface area contributed by atoms with E-state index in [9.17, 15) is 9.59 Å². The zero-order valence-electron chi connectivity index (χ0n) is 17.5. The van der Waals surface area contributed by atoms with Gasteiger partial charge in [0, 0.05) is 52.7 Å². The average Bonchev–Trinajstić information content (AvgIpc) is 2.78. The normalized spacial score (nSPS) is 26.1. The summed E-state index contributed by atoms with van der Waals surface area (Å²) in [5.74, 6) is 0.283. The summed E-state index contributed by atoms with van der Waals surface area (Å²) >= 11 is 0. The molecule has 0 bridgehead atoms. The Balaban J connectivity index is 1.34. The van der Waals surface area contributed by atoms with Crippen LogP contribution in [0.15, 0.2) is 30.3 Å². The largest absolute Gasteiger partial charge is 0.378 e. The molecule has 4 rings (SSSR count). The van der Waals surface area contributed by atoms with Crippen molar-refractivity contribution in [1.82, 2.24) is 19.6 Å². The molecule has 0 saturated carbocycles. The second kappa shape index (κ2) is 8.71. The topological polar surface area (TPSA) is 56.3 Å². The Kier molecular flexibility index (Phi) is 6.06. The highest BCUT2D eigenvalue weighted by Gasteiger charge is 2.39. The Hall–Kier alpha value is -2.12. The highest BCUT2D eigenvalue weighted by molar-refractivity contribution is 5.80. The van der Waals surface area contributed by atoms with Crippen molar-refractivity contribution in [2.45, 2.75) is 24.9 Å². The number of piperidine rings is 1. The summed E-state index contributed by atoms with van der Waals surface area (Å²) in [5, 5.41) is 0. The molecule has 7 nitrogen and oxygen atoms in total. The minimum absolute atomic E-state index is 0.0298. The molecular formula is C22H32N4O3. The fourth-order valence-corrected chi connectivity index (χ4v) is 4.86. The van der Waals surface area contributed by atoms with Gasteiger partial charge in [0.2, 0.25) is 5.91 Å². The van der Waals surface area contributed by atoms with Gasteiger partial charge < -0.3 is 19.4 Å². The van der Waals surface area contributed by atoms with Gasteiger partial charge in [-0.2, -0.15) is 0 Å². The van der Waals surface area contributed by atoms with Gasteiger partial charge in [-0.05, 0) is 18.4 Å². The highest BCUT2D eigenvalue weighted by atomic mass is 16.5. The van der Waals surface area contributed by atoms with Gasteiger partial charge >= 0.3 is 6.03 Å². The van der Waals surface area contributed by atoms with E-state index in [-0.39, 0.29) is 29.9 Å². The zero-order chi connectivity index (χ0) is 20.4. The molecule has 0 spiro atoms. The molecule has 7 heteroatoms. The van der Waals surface area contributed by atoms with Crippen molar-refractivity contribution in [2.75, 3.05) is 60.0 Å². The molecule has 3 amide bonds. The first kappa shape index (κ1) is 20.2. The van der Waals surface area contributed by atoms with Crippen LogP contribution in [0.2, 0.25) is 0 Å². The predicted octanol–water partition coefficient (Wildman–Crippen LogP) is 1.66. The highest BCUT2D eigenvalue weighted by Crippen LogP contribution is 2.30. The Morgan fingerprint density at radius 3 is 2.38 bits per heavy atom. The summed E-state index contributed by atoms with van der Waals surface area (Å²) in [6.45, 7) is 5.12. The lowest BCUT2D eigenvalue weighted by atomic mass is 9.94. The fourth-order valence-electron chi connectivity index (χ4n) is 4.86. The number of carbonyl (C=O) groups excluding carboxylic acids is 2. The number of amides is 3. The molecule has 3 saturated heterocycles. The van der Waals surface area contributed by atoms with E-state index in [1.54, 1.807) is 19.0 Å². The van der Waals surface area contributed by atoms with Gasteiger partial charge in [-0.25, -0.2) is 4.79 Å². The average molecular weight is 401 g/mol. The second-order valence-electron chi connectivity index (χ2n) is 8.58. The molecule has 0 unspecified atom stereocenters. The summed E-state index contributed by atoms with van der Waals surface area (Å²) in [5.41, 5.74) is 1.29. The van der Waals surface area contributed by atoms with Crippen LogP contribution in [0, 0.1) is 5.92 Å². The van der Waals surface area contributed by atoms with Crippen molar-refractivity contribution >= 4 is 11.9 Å². The third kappa shape index (κ3) is 4.26. The van der Waals surface area contributed by atoms with Crippen molar-refractivity contribution in [2.24, 2.45) is 5.92 Å². The van der Waals surface area contributed by atoms with Gasteiger partial charge in [-0.3, -0.25) is 9.69 Å². The van der Waals surface area contributed by atoms with E-state index >= 15 is 0 Å². The molecule has 2 atom stereocenters. The molecule has 0 aromatic heterocycles. The summed E-state index contributed by atoms with van der Waals surface area (Å²) in [7, 11) is 3.54. The maximum Gasteiger partial charge on any atom is 0.319 e. The van der Waals surface area contributed by atoms with Crippen molar-refractivity contribution < 1.29 is 14.3 Å². The number of urea groups is 1. The lowest BCUT2D eigenvalue weighted by Gasteiger charge is -2.48. The molecular weight excluding hydrogens is 368 g/mol. The molecule has 3 fully saturated rings. The van der Waals surface area contributed by atoms with Gasteiger partial charge in [0.15, 0.2) is 0 Å². The van der Waals surface area contributed by atoms with Crippen molar-refractivity contribution in [3.63, 3.8) is 0 Å². The molecule has 1 aromatic carbocycles. The Morgan fingerprint density at radius 1 is 0.966 bits per heavy atom. The van der Waals surface area contributed by atoms with Gasteiger partial charge in [-0.15, -0.1) is 0 Å². The molecule has 0 radical (unpaired) electrons. The first-order valence-electron chi connectivity index (χ1n) is 10.7. The number of benzene rings is 1. The number of hydrogen-bond acceptors (Lipinski definition) is 4. The van der Waals surface area contributed by atoms with E-state index in [0.717, 1.165) is 32.5 Å². The number of piperazine rings is 1. The summed E-state index contributed by atoms with van der Waals surface area (Å²) in [4.78, 5) is 33.3. The molecule has 29 heavy (non-hydrogen) atoms. The fraction of sp³-hybridized carbons (Fsp3) is 0.636. The van der Waals surface area contributed by atoms with Crippen LogP contribution in [0.5, 0.6) is 0 Å². The number of fused-ring (bicyclic) bond motifs is 1. The first-order valence-corrected chi connectivity index (χ1v) is 10.7. The Bertz CT molecular complexity index is 718. The number of likely N-dealkylation sites (tertiary alicyclic amines) is 1. The lowest BCUT2D eigenvalue weighted by Crippen LogP contribution is -2.61. The van der Waals surface area contributed by atoms with E-state index in [1.807, 2.05) is 15.9 Å². The smallest absolute Gasteiger partial charge is 0.319 e. The van der Waals surface area contributed by atoms with Crippen molar-refractivity contribution in [3.8, 4) is 0 Å². The van der Waals surface area contributed by atoms with E-state index in [0.29, 0.717) is 26.3 Å². The number of morpholine rings is 1. The van der Waals surface area contributed by atoms with E-state index < -0.39 is 0 Å². The molecule has 3 aliphatic heterocycles. The van der Waals surface area contributed by atoms with E-state index in [1.165, 1.54) is 5.56 Å². The van der Waals surface area contributed by atoms with Gasteiger partial charge in [-0.1, -0.05) is 30.3 Å². The van der Waals surface area contributed by atoms with Crippen LogP contribution in [0.4, 0.5) is 4.79 Å². The summed E-state index contributed by atoms with van der Waals surface area (Å²) in [6, 6.07) is 11.1. The minimum Gasteiger partial charge on any atom is -0.378 e. The molecule has 158 valence electrons. The Morgan fingerprint density at radius 2 is 1.69 bits per heavy atom. The summed E-state index contributed by atoms with van der Waals surface area (Å²) < 4.78 is 5.91. The SMILES string of the molecule is CN(C)C(=O)N1CCC(C(=O)N2CCN3[C@@H](COC[C@@H]3c3ccccc3)C2)CC1. The molecule has 0 N–H and O–H groups in total. The third-order valence-electron chi connectivity index (χ3n) is 6.51. The van der Waals surface area contributed by atoms with E-state index in [2.05, 4.69) is 29.2 Å². The number of rotatable bonds is 2. The number of nitrogens with zero attached hydrogens (tertiary/aromatic N) is 4. The quantitative estimate of drug-likeness (QED) is 0.758. The van der Waals surface area contributed by atoms with Gasteiger partial charge in [0.1, 0.15) is 0 Å². The second-order valence-corrected chi connectivity index (χ2v) is 8.58. The Labute approximate surface area is 173 Å². The minimum atomic E-state index is 0.0298. The number of hydrogen-bond donors (Lipinski definition) is 0. The van der Waals surface area contributed by atoms with Crippen molar-refractivity contribution in [3.05, 3.63) is 35.9 Å². The summed E-state index contributed by atoms with van der Waals surface area (Å²) in [6.07, 6.45) is 1.51. The van der Waals surface area contributed by atoms with Crippen LogP contribution in [-0.2, 0) is 9.53 Å². The van der Waals surface area contributed by atoms with Crippen LogP contribution < -0.4 is 0 Å². The standard InChI is InChI=1S/C22H32N4O3/c1-23(2)22(28)24-10-8-18(9-11-24)21(27)25-12-13-26-19(14-25)15-29-16-20(26)17-6-4-3-5-7-17/h3-7,18-20H,8-16H2,1-2H3/t19-,20-/m1/s1. The van der Waals surface area contributed by atoms with Crippen LogP contribution in [0.1, 0.15) is 24.4 Å². The van der Waals surface area contributed by atoms with Crippen molar-refractivity contribution in [1.29, 1.82) is 0 Å². The first-order chi connectivity index (χ1) is 14.0. The van der Waals surface area contributed by atoms with E-state index in [4.69, 9.17) is 4.74 Å². The monoisotopic (exact) mass is 400 g/mol.